The maximum absolute atomic E-state index is 9.35. The Labute approximate surface area is 173 Å². The number of thioether (sulfide) groups is 1. The molecule has 1 heterocycles. The summed E-state index contributed by atoms with van der Waals surface area (Å²) in [6.07, 6.45) is 0. The third-order valence-electron chi connectivity index (χ3n) is 4.47. The molecule has 0 atom stereocenters. The first-order valence-electron chi connectivity index (χ1n) is 9.06. The second-order valence-corrected chi connectivity index (χ2v) is 7.21. The number of aromatic nitrogens is 3. The summed E-state index contributed by atoms with van der Waals surface area (Å²) in [6.45, 7) is 0. The average Bonchev–Trinajstić information content (AvgIpc) is 3.22. The first-order chi connectivity index (χ1) is 14.3. The van der Waals surface area contributed by atoms with Crippen LogP contribution in [-0.2, 0) is 5.75 Å². The number of methoxy groups -OCH3 is 1. The summed E-state index contributed by atoms with van der Waals surface area (Å²) >= 11 is 1.56. The molecule has 0 aliphatic heterocycles. The van der Waals surface area contributed by atoms with Crippen LogP contribution in [0.3, 0.4) is 0 Å². The summed E-state index contributed by atoms with van der Waals surface area (Å²) in [7, 11) is 1.65. The van der Waals surface area contributed by atoms with Crippen LogP contribution in [0.1, 0.15) is 11.1 Å². The summed E-state index contributed by atoms with van der Waals surface area (Å²) < 4.78 is 7.40. The Bertz CT molecular complexity index is 1160. The Morgan fingerprint density at radius 1 is 0.966 bits per heavy atom. The van der Waals surface area contributed by atoms with Crippen molar-refractivity contribution in [3.05, 3.63) is 90.0 Å². The predicted octanol–water partition coefficient (Wildman–Crippen LogP) is 5.11. The highest BCUT2D eigenvalue weighted by molar-refractivity contribution is 7.98. The molecule has 0 fully saturated rings. The molecule has 0 saturated heterocycles. The molecule has 4 aromatic rings. The smallest absolute Gasteiger partial charge is 0.196 e. The molecule has 0 spiro atoms. The lowest BCUT2D eigenvalue weighted by molar-refractivity contribution is 0.415. The average molecular weight is 398 g/mol. The van der Waals surface area contributed by atoms with E-state index < -0.39 is 0 Å². The molecule has 6 heteroatoms. The highest BCUT2D eigenvalue weighted by Crippen LogP contribution is 2.31. The Kier molecular flexibility index (Phi) is 5.59. The van der Waals surface area contributed by atoms with E-state index in [0.717, 1.165) is 33.5 Å². The molecule has 0 aliphatic rings. The summed E-state index contributed by atoms with van der Waals surface area (Å²) in [5, 5.41) is 19.0. The second-order valence-electron chi connectivity index (χ2n) is 6.27. The zero-order chi connectivity index (χ0) is 20.1. The maximum atomic E-state index is 9.35. The SMILES string of the molecule is COc1cccc(-c2nnc(SCc3ccccc3C#N)n2-c2ccccc2)c1. The molecule has 4 rings (SSSR count). The van der Waals surface area contributed by atoms with Crippen LogP contribution >= 0.6 is 11.8 Å². The quantitative estimate of drug-likeness (QED) is 0.423. The largest absolute Gasteiger partial charge is 0.497 e. The summed E-state index contributed by atoms with van der Waals surface area (Å²) in [5.74, 6) is 2.14. The number of hydrogen-bond acceptors (Lipinski definition) is 5. The van der Waals surface area contributed by atoms with E-state index in [1.165, 1.54) is 0 Å². The topological polar surface area (TPSA) is 63.7 Å². The molecule has 5 nitrogen and oxygen atoms in total. The van der Waals surface area contributed by atoms with Gasteiger partial charge in [0, 0.05) is 17.0 Å². The van der Waals surface area contributed by atoms with Crippen molar-refractivity contribution in [2.24, 2.45) is 0 Å². The molecule has 1 aromatic heterocycles. The first-order valence-corrected chi connectivity index (χ1v) is 10.0. The van der Waals surface area contributed by atoms with Crippen molar-refractivity contribution in [2.45, 2.75) is 10.9 Å². The minimum absolute atomic E-state index is 0.632. The fourth-order valence-corrected chi connectivity index (χ4v) is 3.98. The molecule has 0 saturated carbocycles. The number of ether oxygens (including phenoxy) is 1. The van der Waals surface area contributed by atoms with Gasteiger partial charge in [-0.25, -0.2) is 0 Å². The minimum atomic E-state index is 0.632. The zero-order valence-electron chi connectivity index (χ0n) is 15.8. The fraction of sp³-hybridized carbons (Fsp3) is 0.0870. The third-order valence-corrected chi connectivity index (χ3v) is 5.45. The van der Waals surface area contributed by atoms with Gasteiger partial charge in [-0.1, -0.05) is 60.3 Å². The van der Waals surface area contributed by atoms with Crippen molar-refractivity contribution in [3.63, 3.8) is 0 Å². The Morgan fingerprint density at radius 2 is 1.76 bits per heavy atom. The first kappa shape index (κ1) is 18.8. The van der Waals surface area contributed by atoms with Gasteiger partial charge in [-0.2, -0.15) is 5.26 Å². The van der Waals surface area contributed by atoms with E-state index in [1.807, 2.05) is 83.4 Å². The Balaban J connectivity index is 1.75. The van der Waals surface area contributed by atoms with E-state index in [2.05, 4.69) is 16.3 Å². The van der Waals surface area contributed by atoms with Gasteiger partial charge in [0.15, 0.2) is 11.0 Å². The van der Waals surface area contributed by atoms with E-state index in [1.54, 1.807) is 18.9 Å². The van der Waals surface area contributed by atoms with E-state index >= 15 is 0 Å². The molecule has 0 amide bonds. The lowest BCUT2D eigenvalue weighted by atomic mass is 10.1. The molecule has 0 N–H and O–H groups in total. The predicted molar refractivity (Wildman–Crippen MR) is 114 cm³/mol. The fourth-order valence-electron chi connectivity index (χ4n) is 3.02. The zero-order valence-corrected chi connectivity index (χ0v) is 16.6. The standard InChI is InChI=1S/C23H18N4OS/c1-28-21-13-7-10-17(14-21)22-25-26-23(27(22)20-11-3-2-4-12-20)29-16-19-9-6-5-8-18(19)15-24/h2-14H,16H2,1H3. The number of hydrogen-bond donors (Lipinski definition) is 0. The van der Waals surface area contributed by atoms with E-state index in [9.17, 15) is 5.26 Å². The van der Waals surface area contributed by atoms with Gasteiger partial charge in [0.2, 0.25) is 0 Å². The van der Waals surface area contributed by atoms with Crippen LogP contribution in [0.15, 0.2) is 84.0 Å². The van der Waals surface area contributed by atoms with E-state index in [4.69, 9.17) is 4.74 Å². The van der Waals surface area contributed by atoms with Gasteiger partial charge in [0.05, 0.1) is 18.7 Å². The van der Waals surface area contributed by atoms with E-state index in [-0.39, 0.29) is 0 Å². The van der Waals surface area contributed by atoms with Crippen LogP contribution < -0.4 is 4.74 Å². The molecule has 142 valence electrons. The summed E-state index contributed by atoms with van der Waals surface area (Å²) in [5.41, 5.74) is 3.56. The normalized spacial score (nSPS) is 10.5. The van der Waals surface area contributed by atoms with Crippen LogP contribution in [-0.4, -0.2) is 21.9 Å². The van der Waals surface area contributed by atoms with Crippen molar-refractivity contribution in [2.75, 3.05) is 7.11 Å². The number of nitrogens with zero attached hydrogens (tertiary/aromatic N) is 4. The lowest BCUT2D eigenvalue weighted by Crippen LogP contribution is -2.00. The lowest BCUT2D eigenvalue weighted by Gasteiger charge is -2.11. The number of para-hydroxylation sites is 1. The van der Waals surface area contributed by atoms with Gasteiger partial charge >= 0.3 is 0 Å². The molecule has 0 radical (unpaired) electrons. The van der Waals surface area contributed by atoms with Gasteiger partial charge in [-0.3, -0.25) is 4.57 Å². The van der Waals surface area contributed by atoms with Crippen LogP contribution in [0, 0.1) is 11.3 Å². The Hall–Kier alpha value is -3.56. The van der Waals surface area contributed by atoms with Crippen LogP contribution in [0.2, 0.25) is 0 Å². The minimum Gasteiger partial charge on any atom is -0.497 e. The molecular weight excluding hydrogens is 380 g/mol. The summed E-state index contributed by atoms with van der Waals surface area (Å²) in [6, 6.07) is 27.7. The van der Waals surface area contributed by atoms with Crippen molar-refractivity contribution >= 4 is 11.8 Å². The van der Waals surface area contributed by atoms with Gasteiger partial charge < -0.3 is 4.74 Å². The van der Waals surface area contributed by atoms with Crippen molar-refractivity contribution in [1.82, 2.24) is 14.8 Å². The molecule has 29 heavy (non-hydrogen) atoms. The summed E-state index contributed by atoms with van der Waals surface area (Å²) in [4.78, 5) is 0. The molecule has 3 aromatic carbocycles. The maximum Gasteiger partial charge on any atom is 0.196 e. The number of benzene rings is 3. The Morgan fingerprint density at radius 3 is 2.55 bits per heavy atom. The third kappa shape index (κ3) is 4.00. The van der Waals surface area contributed by atoms with Crippen molar-refractivity contribution in [3.8, 4) is 28.9 Å². The van der Waals surface area contributed by atoms with Crippen molar-refractivity contribution < 1.29 is 4.74 Å². The van der Waals surface area contributed by atoms with Gasteiger partial charge in [-0.15, -0.1) is 10.2 Å². The highest BCUT2D eigenvalue weighted by Gasteiger charge is 2.17. The molecule has 0 bridgehead atoms. The number of rotatable bonds is 6. The van der Waals surface area contributed by atoms with Crippen molar-refractivity contribution in [1.29, 1.82) is 5.26 Å². The molecular formula is C23H18N4OS. The number of nitriles is 1. The highest BCUT2D eigenvalue weighted by atomic mass is 32.2. The molecule has 0 unspecified atom stereocenters. The monoisotopic (exact) mass is 398 g/mol. The van der Waals surface area contributed by atoms with Gasteiger partial charge in [0.1, 0.15) is 5.75 Å². The second kappa shape index (κ2) is 8.63. The van der Waals surface area contributed by atoms with Crippen LogP contribution in [0.25, 0.3) is 17.1 Å². The van der Waals surface area contributed by atoms with Gasteiger partial charge in [-0.05, 0) is 35.9 Å². The van der Waals surface area contributed by atoms with Gasteiger partial charge in [0.25, 0.3) is 0 Å². The molecule has 0 aliphatic carbocycles. The van der Waals surface area contributed by atoms with E-state index in [0.29, 0.717) is 11.3 Å². The van der Waals surface area contributed by atoms with Crippen LogP contribution in [0.4, 0.5) is 0 Å². The van der Waals surface area contributed by atoms with Crippen LogP contribution in [0.5, 0.6) is 5.75 Å².